The number of alkyl halides is 1. The molecule has 1 saturated carbocycles. The van der Waals surface area contributed by atoms with Crippen LogP contribution in [0, 0.1) is 0 Å². The molecule has 2 nitrogen and oxygen atoms in total. The van der Waals surface area contributed by atoms with Crippen LogP contribution in [0.15, 0.2) is 30.3 Å². The summed E-state index contributed by atoms with van der Waals surface area (Å²) in [7, 11) is 0. The molecule has 98 valence electrons. The Hall–Kier alpha value is -0.411. The molecule has 0 radical (unpaired) electrons. The van der Waals surface area contributed by atoms with Crippen LogP contribution in [0.2, 0.25) is 4.82 Å². The maximum absolute atomic E-state index is 14.3. The van der Waals surface area contributed by atoms with Crippen molar-refractivity contribution in [1.82, 2.24) is 0 Å². The molecule has 0 bridgehead atoms. The van der Waals surface area contributed by atoms with Gasteiger partial charge in [0.05, 0.1) is 0 Å². The van der Waals surface area contributed by atoms with E-state index >= 15 is 0 Å². The van der Waals surface area contributed by atoms with Gasteiger partial charge >= 0.3 is 113 Å². The number of rotatable bonds is 2. The summed E-state index contributed by atoms with van der Waals surface area (Å²) in [5, 5.41) is 0. The number of hydrogen-bond donors (Lipinski definition) is 0. The van der Waals surface area contributed by atoms with Gasteiger partial charge in [-0.15, -0.1) is 0 Å². The van der Waals surface area contributed by atoms with E-state index in [2.05, 4.69) is 12.1 Å². The minimum absolute atomic E-state index is 0.0609. The zero-order chi connectivity index (χ0) is 12.4. The molecule has 2 atom stereocenters. The van der Waals surface area contributed by atoms with Crippen molar-refractivity contribution in [1.29, 1.82) is 0 Å². The Balaban J connectivity index is 1.81. The molecule has 2 aliphatic rings. The normalized spacial score (nSPS) is 30.7. The van der Waals surface area contributed by atoms with Crippen LogP contribution in [0.5, 0.6) is 0 Å². The van der Waals surface area contributed by atoms with Gasteiger partial charge in [-0.25, -0.2) is 0 Å². The van der Waals surface area contributed by atoms with E-state index in [1.165, 1.54) is 4.46 Å². The molecule has 1 heterocycles. The van der Waals surface area contributed by atoms with Gasteiger partial charge in [0, 0.05) is 0 Å². The fourth-order valence-corrected chi connectivity index (χ4v) is 5.48. The molecule has 1 aromatic carbocycles. The average molecular weight is 315 g/mol. The molecular formula is C14H17FO2Se. The maximum atomic E-state index is 14.3. The van der Waals surface area contributed by atoms with Crippen LogP contribution < -0.4 is 4.46 Å². The van der Waals surface area contributed by atoms with Gasteiger partial charge in [-0.1, -0.05) is 0 Å². The van der Waals surface area contributed by atoms with Crippen molar-refractivity contribution in [3.63, 3.8) is 0 Å². The first-order chi connectivity index (χ1) is 8.80. The summed E-state index contributed by atoms with van der Waals surface area (Å²) in [6.07, 6.45) is 1.56. The minimum atomic E-state index is -0.794. The van der Waals surface area contributed by atoms with Gasteiger partial charge in [-0.05, 0) is 0 Å². The van der Waals surface area contributed by atoms with Crippen LogP contribution in [0.1, 0.15) is 19.3 Å². The summed E-state index contributed by atoms with van der Waals surface area (Å²) in [6, 6.07) is 10.2. The van der Waals surface area contributed by atoms with E-state index < -0.39 is 12.0 Å². The number of hydrogen-bond acceptors (Lipinski definition) is 2. The summed E-state index contributed by atoms with van der Waals surface area (Å²) in [4.78, 5) is -0.108. The predicted octanol–water partition coefficient (Wildman–Crippen LogP) is 2.07. The number of benzene rings is 1. The fraction of sp³-hybridized carbons (Fsp3) is 0.571. The van der Waals surface area contributed by atoms with Gasteiger partial charge in [0.15, 0.2) is 0 Å². The molecule has 2 fully saturated rings. The first-order valence-electron chi connectivity index (χ1n) is 6.44. The third-order valence-electron chi connectivity index (χ3n) is 3.55. The van der Waals surface area contributed by atoms with Gasteiger partial charge in [0.1, 0.15) is 0 Å². The second-order valence-corrected chi connectivity index (χ2v) is 7.32. The molecule has 1 saturated heterocycles. The van der Waals surface area contributed by atoms with E-state index in [0.29, 0.717) is 19.6 Å². The summed E-state index contributed by atoms with van der Waals surface area (Å²) in [6.45, 7) is 1.21. The monoisotopic (exact) mass is 316 g/mol. The molecule has 1 spiro atoms. The van der Waals surface area contributed by atoms with E-state index in [1.54, 1.807) is 0 Å². The summed E-state index contributed by atoms with van der Waals surface area (Å²) < 4.78 is 27.1. The van der Waals surface area contributed by atoms with Gasteiger partial charge in [-0.2, -0.15) is 0 Å². The van der Waals surface area contributed by atoms with Crippen molar-refractivity contribution >= 4 is 19.4 Å². The van der Waals surface area contributed by atoms with Crippen molar-refractivity contribution < 1.29 is 13.9 Å². The summed E-state index contributed by atoms with van der Waals surface area (Å²) in [5.41, 5.74) is 0. The van der Waals surface area contributed by atoms with E-state index in [0.717, 1.165) is 12.8 Å². The Kier molecular flexibility index (Phi) is 3.71. The van der Waals surface area contributed by atoms with Gasteiger partial charge in [0.25, 0.3) is 0 Å². The second kappa shape index (κ2) is 5.30. The van der Waals surface area contributed by atoms with Crippen LogP contribution in [0.4, 0.5) is 4.39 Å². The van der Waals surface area contributed by atoms with E-state index in [1.807, 2.05) is 18.2 Å². The van der Waals surface area contributed by atoms with Crippen molar-refractivity contribution in [2.24, 2.45) is 0 Å². The van der Waals surface area contributed by atoms with Crippen LogP contribution >= 0.6 is 0 Å². The molecule has 1 aromatic rings. The first kappa shape index (κ1) is 12.6. The van der Waals surface area contributed by atoms with Crippen molar-refractivity contribution in [3.8, 4) is 0 Å². The van der Waals surface area contributed by atoms with Gasteiger partial charge in [0.2, 0.25) is 0 Å². The Bertz CT molecular complexity index is 392. The summed E-state index contributed by atoms with van der Waals surface area (Å²) >= 11 is 0.0609. The first-order valence-corrected chi connectivity index (χ1v) is 8.28. The predicted molar refractivity (Wildman–Crippen MR) is 69.0 cm³/mol. The van der Waals surface area contributed by atoms with Crippen LogP contribution in [0.3, 0.4) is 0 Å². The van der Waals surface area contributed by atoms with E-state index in [4.69, 9.17) is 9.47 Å². The quantitative estimate of drug-likeness (QED) is 0.778. The Morgan fingerprint density at radius 2 is 1.89 bits per heavy atom. The average Bonchev–Trinajstić information content (AvgIpc) is 2.85. The topological polar surface area (TPSA) is 18.5 Å². The van der Waals surface area contributed by atoms with E-state index in [9.17, 15) is 4.39 Å². The Morgan fingerprint density at radius 1 is 1.17 bits per heavy atom. The van der Waals surface area contributed by atoms with Crippen molar-refractivity contribution in [2.75, 3.05) is 13.2 Å². The van der Waals surface area contributed by atoms with Crippen LogP contribution in [-0.2, 0) is 9.47 Å². The summed E-state index contributed by atoms with van der Waals surface area (Å²) in [5.74, 6) is -0.631. The van der Waals surface area contributed by atoms with Crippen molar-refractivity contribution in [3.05, 3.63) is 30.3 Å². The Labute approximate surface area is 113 Å². The third-order valence-corrected chi connectivity index (χ3v) is 6.60. The van der Waals surface area contributed by atoms with Crippen molar-refractivity contribution in [2.45, 2.75) is 36.0 Å². The fourth-order valence-electron chi connectivity index (χ4n) is 2.70. The zero-order valence-electron chi connectivity index (χ0n) is 10.2. The van der Waals surface area contributed by atoms with Gasteiger partial charge in [-0.3, -0.25) is 0 Å². The van der Waals surface area contributed by atoms with Crippen LogP contribution in [0.25, 0.3) is 0 Å². The number of ether oxygens (including phenoxy) is 2. The molecular weight excluding hydrogens is 298 g/mol. The molecule has 3 rings (SSSR count). The molecule has 0 aromatic heterocycles. The molecule has 1 aliphatic heterocycles. The standard InChI is InChI=1S/C14H17FO2Se/c15-12-7-4-8-14(16-9-10-17-14)13(12)18-11-5-2-1-3-6-11/h1-3,5-6,12-13H,4,7-10H2/t12-,13+/m0/s1. The van der Waals surface area contributed by atoms with Crippen LogP contribution in [-0.4, -0.2) is 40.1 Å². The zero-order valence-corrected chi connectivity index (χ0v) is 11.9. The third kappa shape index (κ3) is 2.35. The number of halogens is 1. The SMILES string of the molecule is F[C@H]1CCCC2(OCCO2)[C@@H]1[Se]c1ccccc1. The molecule has 0 N–H and O–H groups in total. The van der Waals surface area contributed by atoms with Gasteiger partial charge < -0.3 is 0 Å². The second-order valence-electron chi connectivity index (χ2n) is 4.77. The molecule has 0 unspecified atom stereocenters. The molecule has 0 amide bonds. The molecule has 4 heteroatoms. The Morgan fingerprint density at radius 3 is 2.61 bits per heavy atom. The molecule has 18 heavy (non-hydrogen) atoms. The van der Waals surface area contributed by atoms with E-state index in [-0.39, 0.29) is 19.8 Å². The molecule has 1 aliphatic carbocycles.